The zero-order valence-electron chi connectivity index (χ0n) is 18.8. The number of aliphatic carboxylic acids is 1. The Labute approximate surface area is 197 Å². The average Bonchev–Trinajstić information content (AvgIpc) is 3.25. The number of ether oxygens (including phenoxy) is 1. The lowest BCUT2D eigenvalue weighted by Crippen LogP contribution is -2.43. The van der Waals surface area contributed by atoms with E-state index < -0.39 is 24.0 Å². The number of nitrogens with zero attached hydrogens (tertiary/aromatic N) is 1. The number of rotatable bonds is 8. The van der Waals surface area contributed by atoms with Gasteiger partial charge < -0.3 is 25.2 Å². The number of carbonyl (C=O) groups excluding carboxylic acids is 2. The van der Waals surface area contributed by atoms with Gasteiger partial charge in [-0.3, -0.25) is 9.59 Å². The van der Waals surface area contributed by atoms with Crippen LogP contribution in [0.5, 0.6) is 0 Å². The lowest BCUT2D eigenvalue weighted by molar-refractivity contribution is -0.147. The molecule has 0 radical (unpaired) electrons. The molecule has 2 saturated carbocycles. The Balaban J connectivity index is 1.19. The molecule has 0 bridgehead atoms. The summed E-state index contributed by atoms with van der Waals surface area (Å²) in [5.41, 5.74) is 3.98. The second kappa shape index (κ2) is 8.76. The number of aliphatic hydroxyl groups excluding tert-OH is 1. The van der Waals surface area contributed by atoms with Gasteiger partial charge in [0.15, 0.2) is 0 Å². The quantitative estimate of drug-likeness (QED) is 0.553. The van der Waals surface area contributed by atoms with Crippen LogP contribution in [0.2, 0.25) is 0 Å². The molecule has 0 heterocycles. The van der Waals surface area contributed by atoms with Crippen LogP contribution in [0.1, 0.15) is 36.3 Å². The predicted molar refractivity (Wildman–Crippen MR) is 123 cm³/mol. The van der Waals surface area contributed by atoms with E-state index in [0.29, 0.717) is 19.3 Å². The van der Waals surface area contributed by atoms with Crippen molar-refractivity contribution in [1.29, 1.82) is 0 Å². The Hall–Kier alpha value is -3.39. The van der Waals surface area contributed by atoms with Gasteiger partial charge in [0.25, 0.3) is 0 Å². The van der Waals surface area contributed by atoms with Gasteiger partial charge in [0.1, 0.15) is 13.2 Å². The molecule has 0 saturated heterocycles. The van der Waals surface area contributed by atoms with E-state index in [9.17, 15) is 19.5 Å². The van der Waals surface area contributed by atoms with Crippen LogP contribution in [0, 0.1) is 11.3 Å². The second-order valence-electron chi connectivity index (χ2n) is 9.51. The third-order valence-electron chi connectivity index (χ3n) is 7.49. The van der Waals surface area contributed by atoms with E-state index in [1.54, 1.807) is 0 Å². The second-order valence-corrected chi connectivity index (χ2v) is 9.51. The highest BCUT2D eigenvalue weighted by atomic mass is 16.5. The van der Waals surface area contributed by atoms with E-state index in [-0.39, 0.29) is 43.5 Å². The van der Waals surface area contributed by atoms with Crippen molar-refractivity contribution in [1.82, 2.24) is 10.2 Å². The fourth-order valence-corrected chi connectivity index (χ4v) is 5.92. The SMILES string of the molecule is O=C(O)CN(CCO)C(=O)C12CC(NC(=O)OCC3c4ccccc4-c4ccccc43)CC1C2. The van der Waals surface area contributed by atoms with Gasteiger partial charge in [0, 0.05) is 18.5 Å². The number of carboxylic acid groups (broad SMARTS) is 1. The fraction of sp³-hybridized carbons (Fsp3) is 0.423. The van der Waals surface area contributed by atoms with Gasteiger partial charge >= 0.3 is 12.1 Å². The number of alkyl carbamates (subject to hydrolysis) is 1. The van der Waals surface area contributed by atoms with Crippen molar-refractivity contribution in [2.24, 2.45) is 11.3 Å². The Morgan fingerprint density at radius 2 is 1.68 bits per heavy atom. The molecule has 8 nitrogen and oxygen atoms in total. The van der Waals surface area contributed by atoms with E-state index in [2.05, 4.69) is 29.6 Å². The van der Waals surface area contributed by atoms with Gasteiger partial charge in [-0.2, -0.15) is 0 Å². The van der Waals surface area contributed by atoms with Gasteiger partial charge in [-0.1, -0.05) is 48.5 Å². The molecule has 3 N–H and O–H groups in total. The van der Waals surface area contributed by atoms with Crippen LogP contribution in [0.4, 0.5) is 4.79 Å². The van der Waals surface area contributed by atoms with Gasteiger partial charge in [-0.25, -0.2) is 4.79 Å². The third kappa shape index (κ3) is 3.92. The Bertz CT molecular complexity index is 1090. The number of amides is 2. The lowest BCUT2D eigenvalue weighted by Gasteiger charge is -2.25. The number of hydrogen-bond donors (Lipinski definition) is 3. The predicted octanol–water partition coefficient (Wildman–Crippen LogP) is 2.60. The minimum absolute atomic E-state index is 0.00984. The summed E-state index contributed by atoms with van der Waals surface area (Å²) in [4.78, 5) is 37.9. The number of fused-ring (bicyclic) bond motifs is 4. The first-order chi connectivity index (χ1) is 16.4. The first-order valence-electron chi connectivity index (χ1n) is 11.7. The minimum atomic E-state index is -1.11. The molecule has 0 aromatic heterocycles. The molecule has 0 spiro atoms. The standard InChI is InChI=1S/C26H28N2O6/c29-10-9-28(14-23(30)31)24(32)26-12-16(26)11-17(13-26)27-25(33)34-15-22-20-7-3-1-5-18(20)19-6-2-4-8-21(19)22/h1-8,16-17,22,29H,9-15H2,(H,27,33)(H,30,31). The summed E-state index contributed by atoms with van der Waals surface area (Å²) in [6.45, 7) is -0.507. The maximum Gasteiger partial charge on any atom is 0.407 e. The summed E-state index contributed by atoms with van der Waals surface area (Å²) in [5.74, 6) is -1.26. The van der Waals surface area contributed by atoms with Crippen molar-refractivity contribution < 1.29 is 29.3 Å². The molecule has 3 aliphatic carbocycles. The maximum absolute atomic E-state index is 13.0. The number of aliphatic hydroxyl groups is 1. The number of nitrogens with one attached hydrogen (secondary N) is 1. The zero-order valence-corrected chi connectivity index (χ0v) is 18.8. The lowest BCUT2D eigenvalue weighted by atomic mass is 9.98. The number of hydrogen-bond acceptors (Lipinski definition) is 5. The molecule has 0 aliphatic heterocycles. The zero-order chi connectivity index (χ0) is 23.9. The van der Waals surface area contributed by atoms with Crippen molar-refractivity contribution in [3.8, 4) is 11.1 Å². The molecular weight excluding hydrogens is 436 g/mol. The molecule has 2 aromatic carbocycles. The molecular formula is C26H28N2O6. The molecule has 178 valence electrons. The third-order valence-corrected chi connectivity index (χ3v) is 7.49. The van der Waals surface area contributed by atoms with Gasteiger partial charge in [0.2, 0.25) is 5.91 Å². The van der Waals surface area contributed by atoms with E-state index in [1.165, 1.54) is 4.90 Å². The highest BCUT2D eigenvalue weighted by molar-refractivity contribution is 5.89. The largest absolute Gasteiger partial charge is 0.480 e. The summed E-state index contributed by atoms with van der Waals surface area (Å²) in [6.07, 6.45) is 1.31. The van der Waals surface area contributed by atoms with Crippen LogP contribution in [0.25, 0.3) is 11.1 Å². The average molecular weight is 465 g/mol. The van der Waals surface area contributed by atoms with Crippen LogP contribution in [0.3, 0.4) is 0 Å². The molecule has 5 rings (SSSR count). The Morgan fingerprint density at radius 3 is 2.29 bits per heavy atom. The fourth-order valence-electron chi connectivity index (χ4n) is 5.92. The minimum Gasteiger partial charge on any atom is -0.480 e. The number of carbonyl (C=O) groups is 3. The van der Waals surface area contributed by atoms with Crippen LogP contribution in [0.15, 0.2) is 48.5 Å². The Morgan fingerprint density at radius 1 is 1.03 bits per heavy atom. The van der Waals surface area contributed by atoms with Crippen molar-refractivity contribution in [3.63, 3.8) is 0 Å². The molecule has 2 amide bonds. The van der Waals surface area contributed by atoms with Crippen LogP contribution < -0.4 is 5.32 Å². The monoisotopic (exact) mass is 464 g/mol. The van der Waals surface area contributed by atoms with Crippen LogP contribution in [-0.2, 0) is 14.3 Å². The number of carboxylic acids is 1. The molecule has 2 fully saturated rings. The summed E-state index contributed by atoms with van der Waals surface area (Å²) in [6, 6.07) is 16.1. The normalized spacial score (nSPS) is 24.0. The smallest absolute Gasteiger partial charge is 0.407 e. The molecule has 3 aliphatic rings. The summed E-state index contributed by atoms with van der Waals surface area (Å²) in [5, 5.41) is 21.2. The van der Waals surface area contributed by atoms with Crippen molar-refractivity contribution in [2.45, 2.75) is 31.2 Å². The van der Waals surface area contributed by atoms with E-state index >= 15 is 0 Å². The molecule has 3 unspecified atom stereocenters. The van der Waals surface area contributed by atoms with Crippen LogP contribution in [-0.4, -0.2) is 65.4 Å². The van der Waals surface area contributed by atoms with Gasteiger partial charge in [-0.05, 0) is 47.4 Å². The van der Waals surface area contributed by atoms with Crippen LogP contribution >= 0.6 is 0 Å². The topological polar surface area (TPSA) is 116 Å². The van der Waals surface area contributed by atoms with E-state index in [1.807, 2.05) is 24.3 Å². The van der Waals surface area contributed by atoms with E-state index in [0.717, 1.165) is 22.3 Å². The summed E-state index contributed by atoms with van der Waals surface area (Å²) in [7, 11) is 0. The van der Waals surface area contributed by atoms with Crippen molar-refractivity contribution in [3.05, 3.63) is 59.7 Å². The van der Waals surface area contributed by atoms with Crippen molar-refractivity contribution >= 4 is 18.0 Å². The van der Waals surface area contributed by atoms with Gasteiger partial charge in [0.05, 0.1) is 12.0 Å². The molecule has 2 aromatic rings. The van der Waals surface area contributed by atoms with Gasteiger partial charge in [-0.15, -0.1) is 0 Å². The first kappa shape index (κ1) is 22.4. The van der Waals surface area contributed by atoms with E-state index in [4.69, 9.17) is 9.84 Å². The Kier molecular flexibility index (Phi) is 5.77. The maximum atomic E-state index is 13.0. The summed E-state index contributed by atoms with van der Waals surface area (Å²) < 4.78 is 5.63. The number of benzene rings is 2. The van der Waals surface area contributed by atoms with Crippen molar-refractivity contribution in [2.75, 3.05) is 26.3 Å². The highest BCUT2D eigenvalue weighted by Gasteiger charge is 2.66. The molecule has 3 atom stereocenters. The first-order valence-corrected chi connectivity index (χ1v) is 11.7. The highest BCUT2D eigenvalue weighted by Crippen LogP contribution is 2.64. The molecule has 34 heavy (non-hydrogen) atoms. The summed E-state index contributed by atoms with van der Waals surface area (Å²) >= 11 is 0. The molecule has 8 heteroatoms.